The van der Waals surface area contributed by atoms with Gasteiger partial charge in [0.15, 0.2) is 8.32 Å². The van der Waals surface area contributed by atoms with Crippen LogP contribution in [0, 0.1) is 11.8 Å². The molecule has 0 aromatic carbocycles. The number of hydrogen-bond donors (Lipinski definition) is 0. The maximum absolute atomic E-state index is 12.3. The molecule has 1 aliphatic rings. The molecule has 4 atom stereocenters. The fourth-order valence-electron chi connectivity index (χ4n) is 3.91. The normalized spacial score (nSPS) is 21.2. The molecule has 35 heavy (non-hydrogen) atoms. The first-order chi connectivity index (χ1) is 16.4. The molecule has 0 radical (unpaired) electrons. The van der Waals surface area contributed by atoms with E-state index in [1.54, 1.807) is 13.2 Å². The average molecular weight is 513 g/mol. The lowest BCUT2D eigenvalue weighted by Crippen LogP contribution is -2.43. The third kappa shape index (κ3) is 12.0. The minimum atomic E-state index is -1.75. The zero-order valence-electron chi connectivity index (χ0n) is 23.1. The second-order valence-electron chi connectivity index (χ2n) is 10.9. The number of carbonyl (C=O) groups excluding carboxylic acids is 2. The quantitative estimate of drug-likeness (QED) is 0.0679. The van der Waals surface area contributed by atoms with Crippen molar-refractivity contribution in [2.45, 2.75) is 90.1 Å². The Morgan fingerprint density at radius 3 is 2.51 bits per heavy atom. The molecule has 0 unspecified atom stereocenters. The topological polar surface area (TPSA) is 80.3 Å². The van der Waals surface area contributed by atoms with E-state index in [4.69, 9.17) is 23.4 Å². The fraction of sp³-hybridized carbons (Fsp3) is 0.778. The molecule has 0 spiro atoms. The van der Waals surface area contributed by atoms with E-state index in [9.17, 15) is 9.59 Å². The summed E-state index contributed by atoms with van der Waals surface area (Å²) in [5.41, 5.74) is 0. The molecular weight excluding hydrogens is 464 g/mol. The van der Waals surface area contributed by atoms with Crippen LogP contribution in [0.5, 0.6) is 0 Å². The van der Waals surface area contributed by atoms with Crippen LogP contribution < -0.4 is 0 Å². The average Bonchev–Trinajstić information content (AvgIpc) is 3.14. The molecule has 8 heteroatoms. The molecule has 0 aromatic heterocycles. The zero-order chi connectivity index (χ0) is 26.5. The van der Waals surface area contributed by atoms with E-state index in [1.165, 1.54) is 13.2 Å². The zero-order valence-corrected chi connectivity index (χ0v) is 24.1. The van der Waals surface area contributed by atoms with Crippen molar-refractivity contribution >= 4 is 20.1 Å². The summed E-state index contributed by atoms with van der Waals surface area (Å²) < 4.78 is 27.5. The van der Waals surface area contributed by atoms with E-state index in [1.807, 2.05) is 0 Å². The second kappa shape index (κ2) is 15.7. The lowest BCUT2D eigenvalue weighted by atomic mass is 9.89. The summed E-state index contributed by atoms with van der Waals surface area (Å²) in [4.78, 5) is 23.9. The van der Waals surface area contributed by atoms with Gasteiger partial charge in [0, 0.05) is 38.0 Å². The molecule has 1 aliphatic carbocycles. The van der Waals surface area contributed by atoms with Gasteiger partial charge in [0.1, 0.15) is 12.6 Å². The van der Waals surface area contributed by atoms with Crippen LogP contribution in [0.25, 0.3) is 0 Å². The van der Waals surface area contributed by atoms with Crippen LogP contribution >= 0.6 is 0 Å². The minimum absolute atomic E-state index is 0.0495. The summed E-state index contributed by atoms with van der Waals surface area (Å²) in [5, 5.41) is 0.209. The van der Waals surface area contributed by atoms with E-state index in [0.717, 1.165) is 19.3 Å². The number of methoxy groups -OCH3 is 2. The smallest absolute Gasteiger partial charge is 0.330 e. The van der Waals surface area contributed by atoms with Gasteiger partial charge in [0.05, 0.1) is 26.4 Å². The van der Waals surface area contributed by atoms with Crippen molar-refractivity contribution in [3.63, 3.8) is 0 Å². The highest BCUT2D eigenvalue weighted by molar-refractivity contribution is 6.74. The SMILES string of the molecule is COCCOCO[C@H](/C=C/C(=O)OC)[C@@H]1CC(=O)C[C@H]1/C=C/CCC[C@H](C)O[Si](C)(C)C(C)(C)C. The van der Waals surface area contributed by atoms with Gasteiger partial charge in [-0.1, -0.05) is 32.9 Å². The van der Waals surface area contributed by atoms with Crippen LogP contribution in [-0.2, 0) is 33.0 Å². The Labute approximate surface area is 213 Å². The van der Waals surface area contributed by atoms with Gasteiger partial charge in [-0.25, -0.2) is 4.79 Å². The Morgan fingerprint density at radius 2 is 1.89 bits per heavy atom. The van der Waals surface area contributed by atoms with Gasteiger partial charge >= 0.3 is 5.97 Å². The predicted molar refractivity (Wildman–Crippen MR) is 141 cm³/mol. The number of ketones is 1. The standard InChI is InChI=1S/C27H48O7Si/c1-21(34-35(7,8)27(2,3)4)12-10-9-11-13-22-18-23(28)19-24(22)25(14-15-26(29)31-6)33-20-32-17-16-30-5/h11,13-15,21-22,24-25H,9-10,12,16-20H2,1-8H3/b13-11+,15-14+/t21-,22+,24+,25+/m0/s1. The molecule has 0 aliphatic heterocycles. The fourth-order valence-corrected chi connectivity index (χ4v) is 5.38. The van der Waals surface area contributed by atoms with Gasteiger partial charge in [0.25, 0.3) is 0 Å². The number of allylic oxidation sites excluding steroid dienone is 2. The Balaban J connectivity index is 2.66. The summed E-state index contributed by atoms with van der Waals surface area (Å²) in [7, 11) is 1.19. The lowest BCUT2D eigenvalue weighted by molar-refractivity contribution is -0.135. The third-order valence-corrected chi connectivity index (χ3v) is 11.6. The summed E-state index contributed by atoms with van der Waals surface area (Å²) in [6.45, 7) is 14.5. The van der Waals surface area contributed by atoms with Gasteiger partial charge in [0.2, 0.25) is 0 Å². The monoisotopic (exact) mass is 512 g/mol. The highest BCUT2D eigenvalue weighted by atomic mass is 28.4. The molecule has 1 rings (SSSR count). The van der Waals surface area contributed by atoms with Crippen molar-refractivity contribution in [1.29, 1.82) is 0 Å². The number of rotatable bonds is 16. The molecule has 0 bridgehead atoms. The van der Waals surface area contributed by atoms with Gasteiger partial charge in [-0.15, -0.1) is 0 Å². The highest BCUT2D eigenvalue weighted by Gasteiger charge is 2.38. The van der Waals surface area contributed by atoms with Crippen LogP contribution in [0.3, 0.4) is 0 Å². The number of carbonyl (C=O) groups is 2. The molecule has 1 saturated carbocycles. The molecule has 202 valence electrons. The molecular formula is C27H48O7Si. The first-order valence-electron chi connectivity index (χ1n) is 12.7. The van der Waals surface area contributed by atoms with Crippen molar-refractivity contribution in [3.05, 3.63) is 24.3 Å². The lowest BCUT2D eigenvalue weighted by Gasteiger charge is -2.38. The Hall–Kier alpha value is -1.32. The molecule has 0 saturated heterocycles. The Bertz CT molecular complexity index is 696. The van der Waals surface area contributed by atoms with Crippen molar-refractivity contribution in [2.24, 2.45) is 11.8 Å². The van der Waals surface area contributed by atoms with E-state index < -0.39 is 20.4 Å². The van der Waals surface area contributed by atoms with Gasteiger partial charge in [-0.3, -0.25) is 4.79 Å². The van der Waals surface area contributed by atoms with Gasteiger partial charge in [-0.05, 0) is 56.3 Å². The van der Waals surface area contributed by atoms with Gasteiger partial charge < -0.3 is 23.4 Å². The second-order valence-corrected chi connectivity index (χ2v) is 15.6. The van der Waals surface area contributed by atoms with Crippen LogP contribution in [0.15, 0.2) is 24.3 Å². The van der Waals surface area contributed by atoms with E-state index in [2.05, 4.69) is 52.9 Å². The largest absolute Gasteiger partial charge is 0.466 e. The Morgan fingerprint density at radius 1 is 1.17 bits per heavy atom. The Kier molecular flexibility index (Phi) is 14.2. The molecule has 0 heterocycles. The van der Waals surface area contributed by atoms with Crippen LogP contribution in [0.2, 0.25) is 18.1 Å². The van der Waals surface area contributed by atoms with Crippen LogP contribution in [0.1, 0.15) is 59.8 Å². The molecule has 7 nitrogen and oxygen atoms in total. The number of hydrogen-bond acceptors (Lipinski definition) is 7. The van der Waals surface area contributed by atoms with Crippen molar-refractivity contribution in [2.75, 3.05) is 34.2 Å². The van der Waals surface area contributed by atoms with Gasteiger partial charge in [-0.2, -0.15) is 0 Å². The first-order valence-corrected chi connectivity index (χ1v) is 15.6. The summed E-state index contributed by atoms with van der Waals surface area (Å²) >= 11 is 0. The molecule has 0 amide bonds. The number of ether oxygens (including phenoxy) is 4. The highest BCUT2D eigenvalue weighted by Crippen LogP contribution is 2.38. The number of Topliss-reactive ketones (excluding diaryl/α,β-unsaturated/α-hetero) is 1. The van der Waals surface area contributed by atoms with Crippen molar-refractivity contribution in [3.8, 4) is 0 Å². The van der Waals surface area contributed by atoms with E-state index in [-0.39, 0.29) is 35.6 Å². The maximum atomic E-state index is 12.3. The van der Waals surface area contributed by atoms with Crippen LogP contribution in [0.4, 0.5) is 0 Å². The summed E-state index contributed by atoms with van der Waals surface area (Å²) in [5.74, 6) is -0.230. The first kappa shape index (κ1) is 31.7. The number of esters is 1. The minimum Gasteiger partial charge on any atom is -0.466 e. The number of unbranched alkanes of at least 4 members (excludes halogenated alkanes) is 1. The maximum Gasteiger partial charge on any atom is 0.330 e. The molecule has 0 aromatic rings. The molecule has 1 fully saturated rings. The summed E-state index contributed by atoms with van der Waals surface area (Å²) in [6.07, 6.45) is 11.1. The summed E-state index contributed by atoms with van der Waals surface area (Å²) in [6, 6.07) is 0. The van der Waals surface area contributed by atoms with E-state index >= 15 is 0 Å². The molecule has 0 N–H and O–H groups in total. The predicted octanol–water partition coefficient (Wildman–Crippen LogP) is 5.45. The van der Waals surface area contributed by atoms with Crippen molar-refractivity contribution in [1.82, 2.24) is 0 Å². The van der Waals surface area contributed by atoms with Crippen LogP contribution in [-0.4, -0.2) is 66.5 Å². The van der Waals surface area contributed by atoms with Crippen molar-refractivity contribution < 1.29 is 33.0 Å². The third-order valence-electron chi connectivity index (χ3n) is 6.96. The van der Waals surface area contributed by atoms with E-state index in [0.29, 0.717) is 26.1 Å².